The fourth-order valence-electron chi connectivity index (χ4n) is 3.33. The van der Waals surface area contributed by atoms with Crippen molar-refractivity contribution >= 4 is 17.3 Å². The molecule has 0 saturated heterocycles. The summed E-state index contributed by atoms with van der Waals surface area (Å²) in [4.78, 5) is 2.12. The summed E-state index contributed by atoms with van der Waals surface area (Å²) in [5, 5.41) is 23.5. The van der Waals surface area contributed by atoms with Crippen LogP contribution in [0.2, 0.25) is 0 Å². The van der Waals surface area contributed by atoms with Crippen LogP contribution in [0, 0.1) is 0 Å². The summed E-state index contributed by atoms with van der Waals surface area (Å²) in [6, 6.07) is 25.7. The number of rotatable bonds is 9. The first-order valence-corrected chi connectivity index (χ1v) is 10.6. The molecule has 0 amide bonds. The molecule has 0 bridgehead atoms. The topological polar surface area (TPSA) is 55.7 Å². The summed E-state index contributed by atoms with van der Waals surface area (Å²) in [5.74, 6) is -0.224. The summed E-state index contributed by atoms with van der Waals surface area (Å²) in [6.07, 6.45) is 2.85. The van der Waals surface area contributed by atoms with Crippen molar-refractivity contribution in [2.75, 3.05) is 13.1 Å². The highest BCUT2D eigenvalue weighted by Gasteiger charge is 2.12. The second kappa shape index (κ2) is 11.2. The second-order valence-corrected chi connectivity index (χ2v) is 7.69. The molecule has 3 N–H and O–H groups in total. The van der Waals surface area contributed by atoms with Gasteiger partial charge in [-0.25, -0.2) is 0 Å². The molecule has 3 aromatic rings. The van der Waals surface area contributed by atoms with E-state index in [1.54, 1.807) is 6.07 Å². The standard InChI is InChI=1S/C25H28N2O2S/c28-23-14-13-22(18-24(23)29)19-27(17-7-12-20-8-3-1-4-9-20)25(30)26-16-15-21-10-5-2-6-11-21/h1-6,8-11,13-14,18,28-29H,7,12,15-17,19H2,(H,26,30). The number of aromatic hydroxyl groups is 2. The van der Waals surface area contributed by atoms with Crippen LogP contribution in [-0.4, -0.2) is 33.3 Å². The normalized spacial score (nSPS) is 10.5. The molecule has 0 fully saturated rings. The van der Waals surface area contributed by atoms with Gasteiger partial charge in [0.05, 0.1) is 0 Å². The fourth-order valence-corrected chi connectivity index (χ4v) is 3.59. The predicted octanol–water partition coefficient (Wildman–Crippen LogP) is 4.65. The van der Waals surface area contributed by atoms with Crippen LogP contribution in [-0.2, 0) is 19.4 Å². The number of thiocarbonyl (C=S) groups is 1. The SMILES string of the molecule is Oc1ccc(CN(CCCc2ccccc2)C(=S)NCCc2ccccc2)cc1O. The van der Waals surface area contributed by atoms with Crippen LogP contribution in [0.15, 0.2) is 78.9 Å². The highest BCUT2D eigenvalue weighted by Crippen LogP contribution is 2.25. The van der Waals surface area contributed by atoms with E-state index in [1.807, 2.05) is 30.3 Å². The molecule has 0 aliphatic heterocycles. The van der Waals surface area contributed by atoms with Gasteiger partial charge >= 0.3 is 0 Å². The van der Waals surface area contributed by atoms with Gasteiger partial charge in [-0.15, -0.1) is 0 Å². The van der Waals surface area contributed by atoms with Crippen LogP contribution in [0.25, 0.3) is 0 Å². The third-order valence-corrected chi connectivity index (χ3v) is 5.37. The molecular weight excluding hydrogens is 392 g/mol. The Labute approximate surface area is 183 Å². The molecule has 0 heterocycles. The van der Waals surface area contributed by atoms with E-state index in [0.717, 1.165) is 37.9 Å². The number of hydrogen-bond donors (Lipinski definition) is 3. The first kappa shape index (κ1) is 21.7. The molecule has 0 atom stereocenters. The molecule has 156 valence electrons. The Bertz CT molecular complexity index is 932. The monoisotopic (exact) mass is 420 g/mol. The maximum absolute atomic E-state index is 9.83. The maximum atomic E-state index is 9.83. The highest BCUT2D eigenvalue weighted by atomic mass is 32.1. The third-order valence-electron chi connectivity index (χ3n) is 4.97. The molecule has 3 rings (SSSR count). The number of phenolic OH excluding ortho intramolecular Hbond substituents is 2. The zero-order chi connectivity index (χ0) is 21.2. The van der Waals surface area contributed by atoms with Crippen LogP contribution in [0.4, 0.5) is 0 Å². The van der Waals surface area contributed by atoms with E-state index >= 15 is 0 Å². The Kier molecular flexibility index (Phi) is 8.10. The molecule has 0 aromatic heterocycles. The van der Waals surface area contributed by atoms with E-state index in [1.165, 1.54) is 17.2 Å². The van der Waals surface area contributed by atoms with Crippen LogP contribution in [0.1, 0.15) is 23.1 Å². The van der Waals surface area contributed by atoms with Crippen molar-refractivity contribution in [3.63, 3.8) is 0 Å². The lowest BCUT2D eigenvalue weighted by molar-refractivity contribution is 0.388. The van der Waals surface area contributed by atoms with Gasteiger partial charge in [0.25, 0.3) is 0 Å². The lowest BCUT2D eigenvalue weighted by atomic mass is 10.1. The van der Waals surface area contributed by atoms with Crippen molar-refractivity contribution < 1.29 is 10.2 Å². The lowest BCUT2D eigenvalue weighted by Gasteiger charge is -2.26. The number of aryl methyl sites for hydroxylation is 1. The van der Waals surface area contributed by atoms with Crippen molar-refractivity contribution in [2.45, 2.75) is 25.8 Å². The quantitative estimate of drug-likeness (QED) is 0.348. The molecule has 5 heteroatoms. The second-order valence-electron chi connectivity index (χ2n) is 7.30. The summed E-state index contributed by atoms with van der Waals surface area (Å²) >= 11 is 5.68. The number of benzene rings is 3. The van der Waals surface area contributed by atoms with Gasteiger partial charge in [0, 0.05) is 19.6 Å². The van der Waals surface area contributed by atoms with Crippen LogP contribution in [0.5, 0.6) is 11.5 Å². The molecule has 0 aliphatic carbocycles. The van der Waals surface area contributed by atoms with E-state index in [-0.39, 0.29) is 11.5 Å². The minimum Gasteiger partial charge on any atom is -0.504 e. The van der Waals surface area contributed by atoms with E-state index in [9.17, 15) is 10.2 Å². The molecule has 3 aromatic carbocycles. The van der Waals surface area contributed by atoms with Crippen molar-refractivity contribution in [2.24, 2.45) is 0 Å². The van der Waals surface area contributed by atoms with Crippen LogP contribution in [0.3, 0.4) is 0 Å². The van der Waals surface area contributed by atoms with Crippen molar-refractivity contribution in [3.05, 3.63) is 95.6 Å². The average Bonchev–Trinajstić information content (AvgIpc) is 2.77. The highest BCUT2D eigenvalue weighted by molar-refractivity contribution is 7.80. The Hall–Kier alpha value is -3.05. The maximum Gasteiger partial charge on any atom is 0.169 e. The predicted molar refractivity (Wildman–Crippen MR) is 126 cm³/mol. The van der Waals surface area contributed by atoms with E-state index in [0.29, 0.717) is 11.7 Å². The fraction of sp³-hybridized carbons (Fsp3) is 0.240. The van der Waals surface area contributed by atoms with Gasteiger partial charge in [-0.3, -0.25) is 0 Å². The van der Waals surface area contributed by atoms with Gasteiger partial charge in [-0.2, -0.15) is 0 Å². The van der Waals surface area contributed by atoms with E-state index < -0.39 is 0 Å². The molecule has 0 aliphatic rings. The minimum atomic E-state index is -0.113. The Morgan fingerprint density at radius 3 is 2.03 bits per heavy atom. The summed E-state index contributed by atoms with van der Waals surface area (Å²) < 4.78 is 0. The smallest absolute Gasteiger partial charge is 0.169 e. The van der Waals surface area contributed by atoms with Gasteiger partial charge < -0.3 is 20.4 Å². The first-order chi connectivity index (χ1) is 14.6. The zero-order valence-corrected chi connectivity index (χ0v) is 17.8. The first-order valence-electron chi connectivity index (χ1n) is 10.2. The van der Waals surface area contributed by atoms with Crippen molar-refractivity contribution in [3.8, 4) is 11.5 Å². The molecule has 0 radical (unpaired) electrons. The molecule has 4 nitrogen and oxygen atoms in total. The summed E-state index contributed by atoms with van der Waals surface area (Å²) in [5.41, 5.74) is 3.48. The molecule has 0 saturated carbocycles. The largest absolute Gasteiger partial charge is 0.504 e. The summed E-state index contributed by atoms with van der Waals surface area (Å²) in [7, 11) is 0. The Morgan fingerprint density at radius 2 is 1.40 bits per heavy atom. The number of nitrogens with one attached hydrogen (secondary N) is 1. The van der Waals surface area contributed by atoms with Crippen molar-refractivity contribution in [1.29, 1.82) is 0 Å². The Balaban J connectivity index is 1.59. The van der Waals surface area contributed by atoms with Crippen LogP contribution >= 0.6 is 12.2 Å². The van der Waals surface area contributed by atoms with Gasteiger partial charge in [-0.1, -0.05) is 66.7 Å². The summed E-state index contributed by atoms with van der Waals surface area (Å²) in [6.45, 7) is 2.13. The number of phenols is 2. The van der Waals surface area contributed by atoms with Gasteiger partial charge in [0.15, 0.2) is 16.6 Å². The van der Waals surface area contributed by atoms with Crippen LogP contribution < -0.4 is 5.32 Å². The third kappa shape index (κ3) is 6.78. The van der Waals surface area contributed by atoms with Gasteiger partial charge in [0.2, 0.25) is 0 Å². The molecule has 30 heavy (non-hydrogen) atoms. The zero-order valence-electron chi connectivity index (χ0n) is 17.0. The van der Waals surface area contributed by atoms with E-state index in [4.69, 9.17) is 12.2 Å². The van der Waals surface area contributed by atoms with Gasteiger partial charge in [0.1, 0.15) is 0 Å². The molecular formula is C25H28N2O2S. The minimum absolute atomic E-state index is 0.111. The van der Waals surface area contributed by atoms with Crippen molar-refractivity contribution in [1.82, 2.24) is 10.2 Å². The van der Waals surface area contributed by atoms with E-state index in [2.05, 4.69) is 46.6 Å². The average molecular weight is 421 g/mol. The Morgan fingerprint density at radius 1 is 0.767 bits per heavy atom. The lowest BCUT2D eigenvalue weighted by Crippen LogP contribution is -2.40. The van der Waals surface area contributed by atoms with Gasteiger partial charge in [-0.05, 0) is 60.3 Å². The number of nitrogens with zero attached hydrogens (tertiary/aromatic N) is 1. The number of hydrogen-bond acceptors (Lipinski definition) is 3. The molecule has 0 spiro atoms. The molecule has 0 unspecified atom stereocenters.